The third-order valence-corrected chi connectivity index (χ3v) is 1.71. The fourth-order valence-corrected chi connectivity index (χ4v) is 0.908. The highest BCUT2D eigenvalue weighted by atomic mass is 32.2. The molecule has 1 unspecified atom stereocenters. The summed E-state index contributed by atoms with van der Waals surface area (Å²) in [5.41, 5.74) is 5.13. The maximum atomic E-state index is 10.1. The molecule has 4 nitrogen and oxygen atoms in total. The van der Waals surface area contributed by atoms with Crippen molar-refractivity contribution in [2.75, 3.05) is 11.5 Å². The van der Waals surface area contributed by atoms with Gasteiger partial charge in [-0.15, -0.1) is 11.8 Å². The zero-order valence-corrected chi connectivity index (χ0v) is 6.10. The van der Waals surface area contributed by atoms with E-state index < -0.39 is 12.0 Å². The van der Waals surface area contributed by atoms with Crippen LogP contribution in [-0.2, 0) is 4.79 Å². The van der Waals surface area contributed by atoms with Crippen molar-refractivity contribution in [3.05, 3.63) is 0 Å². The predicted octanol–water partition coefficient (Wildman–Crippen LogP) is -0.345. The third-order valence-electron chi connectivity index (χ3n) is 0.781. The van der Waals surface area contributed by atoms with E-state index in [1.165, 1.54) is 11.8 Å². The lowest BCUT2D eigenvalue weighted by Crippen LogP contribution is -2.32. The molecule has 10 heavy (non-hydrogen) atoms. The molecule has 3 N–H and O–H groups in total. The molecule has 0 heterocycles. The molecule has 0 aliphatic heterocycles. The molecule has 0 fully saturated rings. The van der Waals surface area contributed by atoms with Crippen LogP contribution in [-0.4, -0.2) is 28.6 Å². The van der Waals surface area contributed by atoms with E-state index in [2.05, 4.69) is 0 Å². The van der Waals surface area contributed by atoms with Gasteiger partial charge in [0.2, 0.25) is 0 Å². The van der Waals surface area contributed by atoms with Gasteiger partial charge < -0.3 is 10.8 Å². The second kappa shape index (κ2) is 5.09. The molecular weight excluding hydrogens is 152 g/mol. The first-order valence-corrected chi connectivity index (χ1v) is 3.77. The van der Waals surface area contributed by atoms with Crippen molar-refractivity contribution in [1.29, 1.82) is 5.26 Å². The Hall–Kier alpha value is -0.730. The number of hydrogen-bond donors (Lipinski definition) is 2. The summed E-state index contributed by atoms with van der Waals surface area (Å²) >= 11 is 1.22. The first-order valence-electron chi connectivity index (χ1n) is 2.61. The van der Waals surface area contributed by atoms with Gasteiger partial charge in [-0.2, -0.15) is 5.26 Å². The van der Waals surface area contributed by atoms with Crippen molar-refractivity contribution in [2.24, 2.45) is 5.73 Å². The largest absolute Gasteiger partial charge is 0.480 e. The van der Waals surface area contributed by atoms with Gasteiger partial charge in [0.1, 0.15) is 6.04 Å². The summed E-state index contributed by atoms with van der Waals surface area (Å²) in [5.74, 6) is -0.436. The minimum atomic E-state index is -1.02. The lowest BCUT2D eigenvalue weighted by atomic mass is 10.4. The highest BCUT2D eigenvalue weighted by Gasteiger charge is 2.09. The minimum absolute atomic E-state index is 0.293. The zero-order chi connectivity index (χ0) is 7.98. The average Bonchev–Trinajstić information content (AvgIpc) is 1.88. The number of nitriles is 1. The molecule has 0 radical (unpaired) electrons. The summed E-state index contributed by atoms with van der Waals surface area (Å²) < 4.78 is 0. The van der Waals surface area contributed by atoms with Crippen LogP contribution in [0.15, 0.2) is 0 Å². The van der Waals surface area contributed by atoms with Crippen LogP contribution in [0.4, 0.5) is 0 Å². The lowest BCUT2D eigenvalue weighted by molar-refractivity contribution is -0.137. The molecule has 0 aliphatic carbocycles. The summed E-state index contributed by atoms with van der Waals surface area (Å²) in [6.45, 7) is 0. The van der Waals surface area contributed by atoms with Crippen molar-refractivity contribution < 1.29 is 9.90 Å². The van der Waals surface area contributed by atoms with Crippen LogP contribution < -0.4 is 5.73 Å². The van der Waals surface area contributed by atoms with E-state index in [0.717, 1.165) is 0 Å². The number of carboxylic acid groups (broad SMARTS) is 1. The van der Waals surface area contributed by atoms with Gasteiger partial charge in [0, 0.05) is 5.75 Å². The summed E-state index contributed by atoms with van der Waals surface area (Å²) in [4.78, 5) is 10.1. The van der Waals surface area contributed by atoms with Crippen molar-refractivity contribution in [3.63, 3.8) is 0 Å². The quantitative estimate of drug-likeness (QED) is 0.549. The lowest BCUT2D eigenvalue weighted by Gasteiger charge is -2.01. The minimum Gasteiger partial charge on any atom is -0.480 e. The Labute approximate surface area is 63.0 Å². The van der Waals surface area contributed by atoms with E-state index >= 15 is 0 Å². The monoisotopic (exact) mass is 160 g/mol. The molecule has 0 aromatic rings. The molecule has 0 aromatic heterocycles. The Morgan fingerprint density at radius 2 is 2.50 bits per heavy atom. The van der Waals surface area contributed by atoms with Crippen LogP contribution in [0.1, 0.15) is 0 Å². The van der Waals surface area contributed by atoms with Gasteiger partial charge in [0.25, 0.3) is 0 Å². The van der Waals surface area contributed by atoms with Crippen LogP contribution in [0.3, 0.4) is 0 Å². The second-order valence-electron chi connectivity index (χ2n) is 1.62. The van der Waals surface area contributed by atoms with Crippen LogP contribution in [0.2, 0.25) is 0 Å². The SMILES string of the molecule is N#CCSCC(N)C(=O)O. The van der Waals surface area contributed by atoms with Crippen LogP contribution in [0.5, 0.6) is 0 Å². The molecule has 0 bridgehead atoms. The molecule has 0 aromatic carbocycles. The van der Waals surface area contributed by atoms with Gasteiger partial charge in [-0.1, -0.05) is 0 Å². The van der Waals surface area contributed by atoms with E-state index in [1.54, 1.807) is 0 Å². The smallest absolute Gasteiger partial charge is 0.321 e. The van der Waals surface area contributed by atoms with Gasteiger partial charge in [-0.05, 0) is 0 Å². The topological polar surface area (TPSA) is 87.1 Å². The van der Waals surface area contributed by atoms with E-state index in [0.29, 0.717) is 11.5 Å². The van der Waals surface area contributed by atoms with Crippen molar-refractivity contribution in [1.82, 2.24) is 0 Å². The van der Waals surface area contributed by atoms with Gasteiger partial charge in [0.05, 0.1) is 11.8 Å². The Morgan fingerprint density at radius 1 is 1.90 bits per heavy atom. The molecule has 1 atom stereocenters. The fraction of sp³-hybridized carbons (Fsp3) is 0.600. The van der Waals surface area contributed by atoms with Gasteiger partial charge >= 0.3 is 5.97 Å². The Morgan fingerprint density at radius 3 is 2.90 bits per heavy atom. The number of nitrogens with two attached hydrogens (primary N) is 1. The fourth-order valence-electron chi connectivity index (χ4n) is 0.303. The standard InChI is InChI=1S/C5H8N2O2S/c6-1-2-10-3-4(7)5(8)9/h4H,2-3,7H2,(H,8,9). The maximum absolute atomic E-state index is 10.1. The number of rotatable bonds is 4. The predicted molar refractivity (Wildman–Crippen MR) is 38.5 cm³/mol. The third kappa shape index (κ3) is 4.18. The normalized spacial score (nSPS) is 12.0. The second-order valence-corrected chi connectivity index (χ2v) is 2.65. The van der Waals surface area contributed by atoms with Crippen molar-refractivity contribution in [3.8, 4) is 6.07 Å². The number of carbonyl (C=O) groups is 1. The van der Waals surface area contributed by atoms with E-state index in [-0.39, 0.29) is 0 Å². The number of carboxylic acids is 1. The summed E-state index contributed by atoms with van der Waals surface area (Å²) in [5, 5.41) is 16.3. The molecule has 0 spiro atoms. The van der Waals surface area contributed by atoms with Crippen molar-refractivity contribution in [2.45, 2.75) is 6.04 Å². The first-order chi connectivity index (χ1) is 4.68. The molecule has 5 heteroatoms. The number of hydrogen-bond acceptors (Lipinski definition) is 4. The summed E-state index contributed by atoms with van der Waals surface area (Å²) in [6, 6.07) is 1.03. The van der Waals surface area contributed by atoms with Crippen molar-refractivity contribution >= 4 is 17.7 Å². The number of aliphatic carboxylic acids is 1. The Balaban J connectivity index is 3.32. The summed E-state index contributed by atoms with van der Waals surface area (Å²) in [6.07, 6.45) is 0. The number of nitrogens with zero attached hydrogens (tertiary/aromatic N) is 1. The van der Waals surface area contributed by atoms with E-state index in [1.807, 2.05) is 6.07 Å². The first kappa shape index (κ1) is 9.27. The average molecular weight is 160 g/mol. The van der Waals surface area contributed by atoms with Crippen LogP contribution in [0.25, 0.3) is 0 Å². The van der Waals surface area contributed by atoms with Crippen LogP contribution in [0, 0.1) is 11.3 Å². The van der Waals surface area contributed by atoms with Gasteiger partial charge in [-0.3, -0.25) is 4.79 Å². The van der Waals surface area contributed by atoms with E-state index in [4.69, 9.17) is 16.1 Å². The Bertz CT molecular complexity index is 154. The molecular formula is C5H8N2O2S. The highest BCUT2D eigenvalue weighted by molar-refractivity contribution is 7.99. The van der Waals surface area contributed by atoms with Gasteiger partial charge in [0.15, 0.2) is 0 Å². The molecule has 0 amide bonds. The molecule has 56 valence electrons. The molecule has 0 saturated carbocycles. The van der Waals surface area contributed by atoms with Gasteiger partial charge in [-0.25, -0.2) is 0 Å². The van der Waals surface area contributed by atoms with Crippen LogP contribution >= 0.6 is 11.8 Å². The molecule has 0 rings (SSSR count). The Kier molecular flexibility index (Phi) is 4.72. The number of thioether (sulfide) groups is 1. The summed E-state index contributed by atoms with van der Waals surface area (Å²) in [7, 11) is 0. The molecule has 0 aliphatic rings. The highest BCUT2D eigenvalue weighted by Crippen LogP contribution is 1.99. The maximum Gasteiger partial charge on any atom is 0.321 e. The van der Waals surface area contributed by atoms with E-state index in [9.17, 15) is 4.79 Å². The molecule has 0 saturated heterocycles. The zero-order valence-electron chi connectivity index (χ0n) is 5.28.